The highest BCUT2D eigenvalue weighted by Crippen LogP contribution is 2.43. The average Bonchev–Trinajstić information content (AvgIpc) is 2.83. The van der Waals surface area contributed by atoms with Gasteiger partial charge in [0.15, 0.2) is 0 Å². The molecule has 1 aliphatic heterocycles. The number of fused-ring (bicyclic) bond motifs is 1. The van der Waals surface area contributed by atoms with Gasteiger partial charge in [-0.25, -0.2) is 4.39 Å². The lowest BCUT2D eigenvalue weighted by atomic mass is 9.85. The lowest BCUT2D eigenvalue weighted by molar-refractivity contribution is 0.302. The summed E-state index contributed by atoms with van der Waals surface area (Å²) < 4.78 is 25.5. The van der Waals surface area contributed by atoms with Gasteiger partial charge < -0.3 is 19.9 Å². The van der Waals surface area contributed by atoms with Crippen LogP contribution in [0.2, 0.25) is 0 Å². The normalized spacial score (nSPS) is 13.5. The molecule has 36 heavy (non-hydrogen) atoms. The molecule has 192 valence electrons. The van der Waals surface area contributed by atoms with Gasteiger partial charge in [-0.2, -0.15) is 12.6 Å². The first-order chi connectivity index (χ1) is 17.1. The van der Waals surface area contributed by atoms with Crippen LogP contribution in [0.3, 0.4) is 0 Å². The van der Waals surface area contributed by atoms with Crippen molar-refractivity contribution in [3.63, 3.8) is 0 Å². The fourth-order valence-electron chi connectivity index (χ4n) is 4.38. The zero-order valence-electron chi connectivity index (χ0n) is 21.9. The topological polar surface area (TPSA) is 50.7 Å². The Labute approximate surface area is 219 Å². The minimum absolute atomic E-state index is 0.135. The number of thiol groups is 1. The number of aryl methyl sites for hydroxylation is 1. The number of ether oxygens (including phenoxy) is 2. The number of hydrogen-bond acceptors (Lipinski definition) is 5. The number of allylic oxidation sites excluding steroid dienone is 1. The van der Waals surface area contributed by atoms with Crippen molar-refractivity contribution < 1.29 is 19.0 Å². The van der Waals surface area contributed by atoms with Gasteiger partial charge in [-0.05, 0) is 80.8 Å². The van der Waals surface area contributed by atoms with Crippen LogP contribution in [-0.2, 0) is 6.61 Å². The summed E-state index contributed by atoms with van der Waals surface area (Å²) in [6.07, 6.45) is 3.38. The van der Waals surface area contributed by atoms with E-state index in [4.69, 9.17) is 9.47 Å². The molecule has 3 aromatic rings. The van der Waals surface area contributed by atoms with Gasteiger partial charge in [0.2, 0.25) is 0 Å². The fraction of sp³-hybridized carbons (Fsp3) is 0.333. The first kappa shape index (κ1) is 27.5. The third kappa shape index (κ3) is 6.35. The van der Waals surface area contributed by atoms with Crippen LogP contribution >= 0.6 is 12.6 Å². The predicted octanol–water partition coefficient (Wildman–Crippen LogP) is 8.03. The Kier molecular flexibility index (Phi) is 8.96. The Morgan fingerprint density at radius 3 is 2.36 bits per heavy atom. The first-order valence-corrected chi connectivity index (χ1v) is 12.7. The Morgan fingerprint density at radius 1 is 1.00 bits per heavy atom. The highest BCUT2D eigenvalue weighted by Gasteiger charge is 2.27. The lowest BCUT2D eigenvalue weighted by Gasteiger charge is -2.33. The second kappa shape index (κ2) is 11.7. The van der Waals surface area contributed by atoms with Crippen molar-refractivity contribution >= 4 is 23.9 Å². The molecule has 0 bridgehead atoms. The Balaban J connectivity index is 0.000000840. The molecule has 0 unspecified atom stereocenters. The van der Waals surface area contributed by atoms with Gasteiger partial charge in [-0.15, -0.1) is 0 Å². The van der Waals surface area contributed by atoms with E-state index in [9.17, 15) is 9.50 Å². The molecule has 0 saturated carbocycles. The summed E-state index contributed by atoms with van der Waals surface area (Å²) in [6, 6.07) is 13.7. The maximum atomic E-state index is 13.8. The van der Waals surface area contributed by atoms with Crippen LogP contribution in [0.15, 0.2) is 54.6 Å². The first-order valence-electron chi connectivity index (χ1n) is 12.1. The Hall–Kier alpha value is -3.12. The van der Waals surface area contributed by atoms with Crippen molar-refractivity contribution in [1.29, 1.82) is 0 Å². The number of halogens is 1. The number of aromatic hydroxyl groups is 1. The number of hydrogen-bond donors (Lipinski definition) is 3. The van der Waals surface area contributed by atoms with Gasteiger partial charge in [0.1, 0.15) is 29.7 Å². The van der Waals surface area contributed by atoms with Crippen LogP contribution in [-0.4, -0.2) is 23.5 Å². The van der Waals surface area contributed by atoms with Crippen LogP contribution in [0.1, 0.15) is 50.8 Å². The maximum Gasteiger partial charge on any atom is 0.130 e. The molecule has 4 nitrogen and oxygen atoms in total. The molecule has 0 amide bonds. The Bertz CT molecular complexity index is 1250. The molecular weight excluding hydrogens is 473 g/mol. The van der Waals surface area contributed by atoms with Crippen molar-refractivity contribution in [3.8, 4) is 28.4 Å². The van der Waals surface area contributed by atoms with Gasteiger partial charge in [0, 0.05) is 34.5 Å². The van der Waals surface area contributed by atoms with E-state index in [1.165, 1.54) is 18.6 Å². The van der Waals surface area contributed by atoms with Crippen LogP contribution in [0, 0.1) is 12.7 Å². The molecular formula is C30H36FNO3S. The quantitative estimate of drug-likeness (QED) is 0.294. The summed E-state index contributed by atoms with van der Waals surface area (Å²) in [5.41, 5.74) is 6.66. The fourth-order valence-corrected chi connectivity index (χ4v) is 4.38. The largest absolute Gasteiger partial charge is 0.508 e. The van der Waals surface area contributed by atoms with Gasteiger partial charge in [-0.3, -0.25) is 0 Å². The Morgan fingerprint density at radius 2 is 1.69 bits per heavy atom. The van der Waals surface area contributed by atoms with E-state index in [0.29, 0.717) is 11.5 Å². The van der Waals surface area contributed by atoms with Crippen molar-refractivity contribution in [3.05, 3.63) is 77.1 Å². The lowest BCUT2D eigenvalue weighted by Crippen LogP contribution is -2.32. The molecule has 0 atom stereocenters. The van der Waals surface area contributed by atoms with Gasteiger partial charge >= 0.3 is 0 Å². The van der Waals surface area contributed by atoms with Crippen molar-refractivity contribution in [2.45, 2.75) is 53.2 Å². The summed E-state index contributed by atoms with van der Waals surface area (Å²) in [7, 11) is 1.58. The number of methoxy groups -OCH3 is 1. The van der Waals surface area contributed by atoms with Crippen LogP contribution in [0.5, 0.6) is 17.2 Å². The van der Waals surface area contributed by atoms with Crippen molar-refractivity contribution in [2.75, 3.05) is 18.2 Å². The van der Waals surface area contributed by atoms with Gasteiger partial charge in [0.25, 0.3) is 0 Å². The number of benzene rings is 3. The highest BCUT2D eigenvalue weighted by atomic mass is 32.1. The monoisotopic (exact) mass is 509 g/mol. The predicted molar refractivity (Wildman–Crippen MR) is 151 cm³/mol. The molecule has 4 rings (SSSR count). The van der Waals surface area contributed by atoms with E-state index in [0.717, 1.165) is 44.8 Å². The second-order valence-electron chi connectivity index (χ2n) is 9.49. The third-order valence-electron chi connectivity index (χ3n) is 5.96. The maximum absolute atomic E-state index is 13.8. The SMILES string of the molecule is CCCS.COc1cc(O)ccc1-c1ccc2c(c1COc1cc(F)ccc1C)C(C)=CC(C)(C)N2. The van der Waals surface area contributed by atoms with E-state index < -0.39 is 0 Å². The summed E-state index contributed by atoms with van der Waals surface area (Å²) in [5, 5.41) is 13.5. The summed E-state index contributed by atoms with van der Waals surface area (Å²) >= 11 is 3.92. The number of anilines is 1. The van der Waals surface area contributed by atoms with Crippen LogP contribution in [0.4, 0.5) is 10.1 Å². The molecule has 0 radical (unpaired) electrons. The highest BCUT2D eigenvalue weighted by molar-refractivity contribution is 7.80. The molecule has 0 aromatic heterocycles. The standard InChI is InChI=1S/C27H28FNO3.C3H8S/c1-16-6-7-18(28)12-24(16)32-15-22-20(21-9-8-19(30)13-25(21)31-5)10-11-23-26(22)17(2)14-27(3,4)29-23;1-2-3-4/h6-14,29-30H,15H2,1-5H3;4H,2-3H2,1H3. The van der Waals surface area contributed by atoms with E-state index in [2.05, 4.69) is 57.8 Å². The van der Waals surface area contributed by atoms with E-state index in [1.54, 1.807) is 25.3 Å². The minimum atomic E-state index is -0.333. The van der Waals surface area contributed by atoms with Crippen molar-refractivity contribution in [2.24, 2.45) is 0 Å². The molecule has 0 fully saturated rings. The molecule has 3 aromatic carbocycles. The molecule has 6 heteroatoms. The number of phenolic OH excluding ortho intramolecular Hbond substituents is 1. The molecule has 0 saturated heterocycles. The molecule has 2 N–H and O–H groups in total. The number of phenols is 1. The summed E-state index contributed by atoms with van der Waals surface area (Å²) in [4.78, 5) is 0. The smallest absolute Gasteiger partial charge is 0.130 e. The molecule has 0 aliphatic carbocycles. The van der Waals surface area contributed by atoms with Gasteiger partial charge in [0.05, 0.1) is 12.6 Å². The van der Waals surface area contributed by atoms with E-state index in [-0.39, 0.29) is 23.7 Å². The van der Waals surface area contributed by atoms with Gasteiger partial charge in [-0.1, -0.05) is 25.1 Å². The van der Waals surface area contributed by atoms with E-state index in [1.807, 2.05) is 19.1 Å². The third-order valence-corrected chi connectivity index (χ3v) is 6.41. The van der Waals surface area contributed by atoms with Crippen LogP contribution < -0.4 is 14.8 Å². The summed E-state index contributed by atoms with van der Waals surface area (Å²) in [5.74, 6) is 1.90. The summed E-state index contributed by atoms with van der Waals surface area (Å²) in [6.45, 7) is 10.6. The second-order valence-corrected chi connectivity index (χ2v) is 9.94. The molecule has 1 heterocycles. The molecule has 1 aliphatic rings. The number of nitrogens with one attached hydrogen (secondary N) is 1. The number of rotatable bonds is 6. The zero-order valence-corrected chi connectivity index (χ0v) is 22.8. The zero-order chi connectivity index (χ0) is 26.5. The van der Waals surface area contributed by atoms with Crippen LogP contribution in [0.25, 0.3) is 16.7 Å². The van der Waals surface area contributed by atoms with Crippen molar-refractivity contribution in [1.82, 2.24) is 0 Å². The molecule has 0 spiro atoms. The van der Waals surface area contributed by atoms with E-state index >= 15 is 0 Å². The minimum Gasteiger partial charge on any atom is -0.508 e. The average molecular weight is 510 g/mol.